The van der Waals surface area contributed by atoms with Crippen molar-refractivity contribution in [3.8, 4) is 0 Å². The van der Waals surface area contributed by atoms with Gasteiger partial charge in [0.2, 0.25) is 0 Å². The van der Waals surface area contributed by atoms with E-state index in [-0.39, 0.29) is 28.2 Å². The quantitative estimate of drug-likeness (QED) is 0.315. The van der Waals surface area contributed by atoms with Crippen LogP contribution in [0.25, 0.3) is 0 Å². The van der Waals surface area contributed by atoms with Gasteiger partial charge in [-0.25, -0.2) is 4.79 Å². The molecule has 0 aliphatic carbocycles. The summed E-state index contributed by atoms with van der Waals surface area (Å²) in [5.41, 5.74) is 15.4. The molecule has 1 aromatic rings. The number of rotatable bonds is 3. The van der Waals surface area contributed by atoms with E-state index in [2.05, 4.69) is 4.74 Å². The van der Waals surface area contributed by atoms with E-state index in [1.165, 1.54) is 0 Å². The molecule has 0 unspecified atom stereocenters. The van der Waals surface area contributed by atoms with E-state index in [1.54, 1.807) is 0 Å². The standard InChI is InChI=1S/C13H15N3O5/c1-4(17)7-8(5(2)18)10(14)12(16)11(15)9(7)13(20)21-6(3)19/h14-16H2,1-3H3. The van der Waals surface area contributed by atoms with Crippen LogP contribution >= 0.6 is 0 Å². The average Bonchev–Trinajstić information content (AvgIpc) is 2.33. The molecule has 8 heteroatoms. The number of hydrogen-bond donors (Lipinski definition) is 3. The lowest BCUT2D eigenvalue weighted by Crippen LogP contribution is -2.21. The van der Waals surface area contributed by atoms with Crippen molar-refractivity contribution in [3.63, 3.8) is 0 Å². The summed E-state index contributed by atoms with van der Waals surface area (Å²) < 4.78 is 4.42. The fourth-order valence-electron chi connectivity index (χ4n) is 1.92. The Balaban J connectivity index is 3.85. The number of esters is 2. The van der Waals surface area contributed by atoms with Crippen molar-refractivity contribution in [3.05, 3.63) is 16.7 Å². The molecule has 1 aromatic carbocycles. The van der Waals surface area contributed by atoms with Gasteiger partial charge in [0, 0.05) is 12.5 Å². The molecule has 6 N–H and O–H groups in total. The van der Waals surface area contributed by atoms with Crippen molar-refractivity contribution >= 4 is 40.6 Å². The Morgan fingerprint density at radius 1 is 0.714 bits per heavy atom. The number of benzene rings is 1. The van der Waals surface area contributed by atoms with Crippen molar-refractivity contribution in [2.24, 2.45) is 0 Å². The first-order chi connectivity index (χ1) is 9.59. The molecule has 0 saturated heterocycles. The predicted molar refractivity (Wildman–Crippen MR) is 75.8 cm³/mol. The molecule has 112 valence electrons. The highest BCUT2D eigenvalue weighted by Gasteiger charge is 2.29. The summed E-state index contributed by atoms with van der Waals surface area (Å²) in [4.78, 5) is 46.4. The molecule has 1 rings (SSSR count). The lowest BCUT2D eigenvalue weighted by atomic mass is 9.91. The first kappa shape index (κ1) is 16.2. The SMILES string of the molecule is CC(=O)OC(=O)c1c(N)c(N)c(N)c(C(C)=O)c1C(C)=O. The largest absolute Gasteiger partial charge is 0.396 e. The van der Waals surface area contributed by atoms with Crippen molar-refractivity contribution in [1.82, 2.24) is 0 Å². The third-order valence-corrected chi connectivity index (χ3v) is 2.76. The van der Waals surface area contributed by atoms with Crippen LogP contribution in [0.2, 0.25) is 0 Å². The minimum atomic E-state index is -1.17. The Bertz CT molecular complexity index is 679. The molecule has 0 bridgehead atoms. The van der Waals surface area contributed by atoms with E-state index < -0.39 is 29.1 Å². The van der Waals surface area contributed by atoms with Gasteiger partial charge in [-0.15, -0.1) is 0 Å². The molecule has 21 heavy (non-hydrogen) atoms. The number of hydrogen-bond acceptors (Lipinski definition) is 8. The van der Waals surface area contributed by atoms with Gasteiger partial charge in [-0.05, 0) is 13.8 Å². The third-order valence-electron chi connectivity index (χ3n) is 2.76. The second-order valence-corrected chi connectivity index (χ2v) is 4.36. The summed E-state index contributed by atoms with van der Waals surface area (Å²) in [6.07, 6.45) is 0. The number of carbonyl (C=O) groups excluding carboxylic acids is 4. The number of Topliss-reactive ketones (excluding diaryl/α,β-unsaturated/α-hetero) is 2. The highest BCUT2D eigenvalue weighted by atomic mass is 16.6. The van der Waals surface area contributed by atoms with Crippen LogP contribution in [0.15, 0.2) is 0 Å². The fraction of sp³-hybridized carbons (Fsp3) is 0.231. The Labute approximate surface area is 120 Å². The Hall–Kier alpha value is -2.90. The summed E-state index contributed by atoms with van der Waals surface area (Å²) in [7, 11) is 0. The van der Waals surface area contributed by atoms with E-state index >= 15 is 0 Å². The van der Waals surface area contributed by atoms with Gasteiger partial charge in [0.25, 0.3) is 0 Å². The van der Waals surface area contributed by atoms with E-state index in [9.17, 15) is 19.2 Å². The van der Waals surface area contributed by atoms with E-state index in [0.29, 0.717) is 0 Å². The van der Waals surface area contributed by atoms with Gasteiger partial charge in [0.15, 0.2) is 11.6 Å². The Kier molecular flexibility index (Phi) is 4.32. The summed E-state index contributed by atoms with van der Waals surface area (Å²) in [6, 6.07) is 0. The maximum Gasteiger partial charge on any atom is 0.348 e. The molecule has 0 aliphatic rings. The summed E-state index contributed by atoms with van der Waals surface area (Å²) in [6.45, 7) is 3.29. The smallest absolute Gasteiger partial charge is 0.348 e. The highest BCUT2D eigenvalue weighted by molar-refractivity contribution is 6.21. The molecule has 0 spiro atoms. The van der Waals surface area contributed by atoms with Gasteiger partial charge in [0.05, 0.1) is 28.2 Å². The number of carbonyl (C=O) groups is 4. The first-order valence-corrected chi connectivity index (χ1v) is 5.84. The van der Waals surface area contributed by atoms with Crippen molar-refractivity contribution in [1.29, 1.82) is 0 Å². The highest BCUT2D eigenvalue weighted by Crippen LogP contribution is 2.35. The predicted octanol–water partition coefficient (Wildman–Crippen LogP) is 0.542. The van der Waals surface area contributed by atoms with Gasteiger partial charge in [-0.1, -0.05) is 0 Å². The summed E-state index contributed by atoms with van der Waals surface area (Å²) >= 11 is 0. The minimum absolute atomic E-state index is 0.190. The van der Waals surface area contributed by atoms with Crippen LogP contribution in [0, 0.1) is 0 Å². The van der Waals surface area contributed by atoms with Crippen LogP contribution < -0.4 is 17.2 Å². The van der Waals surface area contributed by atoms with Gasteiger partial charge in [0.1, 0.15) is 0 Å². The van der Waals surface area contributed by atoms with Gasteiger partial charge >= 0.3 is 11.9 Å². The number of ketones is 2. The summed E-state index contributed by atoms with van der Waals surface area (Å²) in [5, 5.41) is 0. The van der Waals surface area contributed by atoms with E-state index in [0.717, 1.165) is 20.8 Å². The van der Waals surface area contributed by atoms with Crippen LogP contribution in [-0.4, -0.2) is 23.5 Å². The normalized spacial score (nSPS) is 10.0. The van der Waals surface area contributed by atoms with Crippen molar-refractivity contribution in [2.75, 3.05) is 17.2 Å². The van der Waals surface area contributed by atoms with Crippen LogP contribution in [0.3, 0.4) is 0 Å². The molecule has 0 atom stereocenters. The molecule has 0 amide bonds. The van der Waals surface area contributed by atoms with Gasteiger partial charge < -0.3 is 21.9 Å². The zero-order valence-corrected chi connectivity index (χ0v) is 11.8. The second kappa shape index (κ2) is 5.61. The minimum Gasteiger partial charge on any atom is -0.396 e. The average molecular weight is 293 g/mol. The molecule has 0 heterocycles. The van der Waals surface area contributed by atoms with Crippen LogP contribution in [0.5, 0.6) is 0 Å². The van der Waals surface area contributed by atoms with Crippen LogP contribution in [0.1, 0.15) is 51.8 Å². The zero-order chi connectivity index (χ0) is 16.5. The number of ether oxygens (including phenoxy) is 1. The van der Waals surface area contributed by atoms with Gasteiger partial charge in [-0.3, -0.25) is 14.4 Å². The number of anilines is 3. The van der Waals surface area contributed by atoms with E-state index in [4.69, 9.17) is 17.2 Å². The monoisotopic (exact) mass is 293 g/mol. The molecule has 0 saturated carbocycles. The number of nitrogen functional groups attached to an aromatic ring is 3. The van der Waals surface area contributed by atoms with Crippen molar-refractivity contribution < 1.29 is 23.9 Å². The number of nitrogens with two attached hydrogens (primary N) is 3. The molecule has 0 aromatic heterocycles. The lowest BCUT2D eigenvalue weighted by molar-refractivity contribution is -0.135. The maximum atomic E-state index is 12.0. The first-order valence-electron chi connectivity index (χ1n) is 5.84. The molecule has 0 radical (unpaired) electrons. The lowest BCUT2D eigenvalue weighted by Gasteiger charge is -2.17. The second-order valence-electron chi connectivity index (χ2n) is 4.36. The fourth-order valence-corrected chi connectivity index (χ4v) is 1.92. The van der Waals surface area contributed by atoms with Gasteiger partial charge in [-0.2, -0.15) is 0 Å². The zero-order valence-electron chi connectivity index (χ0n) is 11.8. The van der Waals surface area contributed by atoms with E-state index in [1.807, 2.05) is 0 Å². The Morgan fingerprint density at radius 2 is 1.14 bits per heavy atom. The van der Waals surface area contributed by atoms with Crippen LogP contribution in [0.4, 0.5) is 17.1 Å². The third kappa shape index (κ3) is 2.83. The summed E-state index contributed by atoms with van der Waals surface area (Å²) in [5.74, 6) is -3.26. The maximum absolute atomic E-state index is 12.0. The molecule has 0 aliphatic heterocycles. The topological polar surface area (TPSA) is 156 Å². The van der Waals surface area contributed by atoms with Crippen molar-refractivity contribution in [2.45, 2.75) is 20.8 Å². The molecule has 0 fully saturated rings. The Morgan fingerprint density at radius 3 is 1.52 bits per heavy atom. The van der Waals surface area contributed by atoms with Crippen LogP contribution in [-0.2, 0) is 9.53 Å². The molecular weight excluding hydrogens is 278 g/mol. The molecular formula is C13H15N3O5. The molecule has 8 nitrogen and oxygen atoms in total.